The Kier molecular flexibility index (Phi) is 8.02. The van der Waals surface area contributed by atoms with Crippen molar-refractivity contribution in [2.24, 2.45) is 4.99 Å². The van der Waals surface area contributed by atoms with Crippen molar-refractivity contribution in [3.63, 3.8) is 0 Å². The summed E-state index contributed by atoms with van der Waals surface area (Å²) in [6.07, 6.45) is 0. The van der Waals surface area contributed by atoms with Gasteiger partial charge in [-0.3, -0.25) is 9.89 Å². The van der Waals surface area contributed by atoms with Gasteiger partial charge in [-0.05, 0) is 31.5 Å². The van der Waals surface area contributed by atoms with Crippen molar-refractivity contribution in [1.82, 2.24) is 15.1 Å². The summed E-state index contributed by atoms with van der Waals surface area (Å²) in [4.78, 5) is 9.47. The summed E-state index contributed by atoms with van der Waals surface area (Å²) in [5.74, 6) is 0.959. The number of morpholine rings is 1. The largest absolute Gasteiger partial charge is 0.379 e. The standard InChI is InChI=1S/C18H29BrN4O/c1-4-20-18(21-13-15(2)23-9-11-24-12-10-23)22(3)14-16-5-7-17(19)8-6-16/h5-8,15H,4,9-14H2,1-3H3,(H,20,21). The minimum atomic E-state index is 0.434. The maximum Gasteiger partial charge on any atom is 0.194 e. The lowest BCUT2D eigenvalue weighted by atomic mass is 10.2. The number of hydrogen-bond donors (Lipinski definition) is 1. The molecule has 0 aliphatic carbocycles. The fraction of sp³-hybridized carbons (Fsp3) is 0.611. The minimum absolute atomic E-state index is 0.434. The van der Waals surface area contributed by atoms with Crippen LogP contribution >= 0.6 is 15.9 Å². The molecule has 1 heterocycles. The Balaban J connectivity index is 1.94. The van der Waals surface area contributed by atoms with Crippen LogP contribution in [0.5, 0.6) is 0 Å². The predicted octanol–water partition coefficient (Wildman–Crippen LogP) is 2.57. The number of benzene rings is 1. The van der Waals surface area contributed by atoms with Gasteiger partial charge in [0.05, 0.1) is 19.8 Å². The number of nitrogens with one attached hydrogen (secondary N) is 1. The van der Waals surface area contributed by atoms with Crippen molar-refractivity contribution in [1.29, 1.82) is 0 Å². The highest BCUT2D eigenvalue weighted by Gasteiger charge is 2.17. The third-order valence-electron chi connectivity index (χ3n) is 4.20. The van der Waals surface area contributed by atoms with E-state index in [4.69, 9.17) is 9.73 Å². The van der Waals surface area contributed by atoms with Crippen LogP contribution in [0, 0.1) is 0 Å². The summed E-state index contributed by atoms with van der Waals surface area (Å²) in [7, 11) is 2.09. The van der Waals surface area contributed by atoms with Crippen molar-refractivity contribution >= 4 is 21.9 Å². The van der Waals surface area contributed by atoms with E-state index >= 15 is 0 Å². The lowest BCUT2D eigenvalue weighted by molar-refractivity contribution is 0.0220. The van der Waals surface area contributed by atoms with E-state index in [1.54, 1.807) is 0 Å². The maximum atomic E-state index is 5.43. The Hall–Kier alpha value is -1.11. The Labute approximate surface area is 154 Å². The molecule has 1 unspecified atom stereocenters. The molecule has 1 aliphatic rings. The maximum absolute atomic E-state index is 5.43. The van der Waals surface area contributed by atoms with Gasteiger partial charge < -0.3 is 15.0 Å². The van der Waals surface area contributed by atoms with Gasteiger partial charge in [0, 0.05) is 43.7 Å². The van der Waals surface area contributed by atoms with E-state index in [1.165, 1.54) is 5.56 Å². The summed E-state index contributed by atoms with van der Waals surface area (Å²) < 4.78 is 6.53. The van der Waals surface area contributed by atoms with Crippen LogP contribution < -0.4 is 5.32 Å². The zero-order valence-electron chi connectivity index (χ0n) is 15.0. The zero-order chi connectivity index (χ0) is 17.4. The fourth-order valence-electron chi connectivity index (χ4n) is 2.76. The van der Waals surface area contributed by atoms with Crippen molar-refractivity contribution in [2.45, 2.75) is 26.4 Å². The molecular formula is C18H29BrN4O. The molecule has 1 saturated heterocycles. The van der Waals surface area contributed by atoms with Gasteiger partial charge in [0.25, 0.3) is 0 Å². The molecule has 0 aromatic heterocycles. The molecule has 1 aliphatic heterocycles. The smallest absolute Gasteiger partial charge is 0.194 e. The summed E-state index contributed by atoms with van der Waals surface area (Å²) in [6, 6.07) is 8.87. The molecule has 24 heavy (non-hydrogen) atoms. The average Bonchev–Trinajstić information content (AvgIpc) is 2.61. The molecule has 1 aromatic carbocycles. The second-order valence-corrected chi connectivity index (χ2v) is 7.09. The summed E-state index contributed by atoms with van der Waals surface area (Å²) in [6.45, 7) is 10.5. The van der Waals surface area contributed by atoms with Gasteiger partial charge in [0.1, 0.15) is 0 Å². The molecule has 0 radical (unpaired) electrons. The molecule has 0 bridgehead atoms. The average molecular weight is 397 g/mol. The molecule has 1 atom stereocenters. The highest BCUT2D eigenvalue weighted by molar-refractivity contribution is 9.10. The lowest BCUT2D eigenvalue weighted by Gasteiger charge is -2.32. The van der Waals surface area contributed by atoms with Crippen LogP contribution in [-0.2, 0) is 11.3 Å². The number of nitrogens with zero attached hydrogens (tertiary/aromatic N) is 3. The van der Waals surface area contributed by atoms with Gasteiger partial charge in [0.2, 0.25) is 0 Å². The van der Waals surface area contributed by atoms with Gasteiger partial charge in [-0.25, -0.2) is 0 Å². The highest BCUT2D eigenvalue weighted by Crippen LogP contribution is 2.12. The molecular weight excluding hydrogens is 368 g/mol. The van der Waals surface area contributed by atoms with E-state index in [0.717, 1.165) is 56.4 Å². The predicted molar refractivity (Wildman–Crippen MR) is 103 cm³/mol. The van der Waals surface area contributed by atoms with Crippen LogP contribution in [0.3, 0.4) is 0 Å². The third kappa shape index (κ3) is 6.07. The van der Waals surface area contributed by atoms with Gasteiger partial charge in [-0.1, -0.05) is 28.1 Å². The summed E-state index contributed by atoms with van der Waals surface area (Å²) in [5.41, 5.74) is 1.27. The second kappa shape index (κ2) is 10.0. The number of aliphatic imine (C=N–C) groups is 1. The molecule has 0 amide bonds. The Morgan fingerprint density at radius 1 is 1.33 bits per heavy atom. The summed E-state index contributed by atoms with van der Waals surface area (Å²) >= 11 is 3.48. The van der Waals surface area contributed by atoms with Crippen LogP contribution in [-0.4, -0.2) is 68.2 Å². The van der Waals surface area contributed by atoms with Gasteiger partial charge in [-0.2, -0.15) is 0 Å². The SMILES string of the molecule is CCNC(=NCC(C)N1CCOCC1)N(C)Cc1ccc(Br)cc1. The molecule has 5 nitrogen and oxygen atoms in total. The topological polar surface area (TPSA) is 40.1 Å². The second-order valence-electron chi connectivity index (χ2n) is 6.17. The van der Waals surface area contributed by atoms with Crippen LogP contribution in [0.4, 0.5) is 0 Å². The molecule has 1 aromatic rings. The number of ether oxygens (including phenoxy) is 1. The van der Waals surface area contributed by atoms with Crippen molar-refractivity contribution < 1.29 is 4.74 Å². The fourth-order valence-corrected chi connectivity index (χ4v) is 3.02. The Morgan fingerprint density at radius 3 is 2.62 bits per heavy atom. The van der Waals surface area contributed by atoms with Crippen molar-refractivity contribution in [2.75, 3.05) is 46.4 Å². The Morgan fingerprint density at radius 2 is 2.00 bits per heavy atom. The summed E-state index contributed by atoms with van der Waals surface area (Å²) in [5, 5.41) is 3.40. The number of hydrogen-bond acceptors (Lipinski definition) is 3. The van der Waals surface area contributed by atoms with E-state index < -0.39 is 0 Å². The zero-order valence-corrected chi connectivity index (χ0v) is 16.6. The molecule has 0 saturated carbocycles. The van der Waals surface area contributed by atoms with Gasteiger partial charge in [0.15, 0.2) is 5.96 Å². The van der Waals surface area contributed by atoms with E-state index in [9.17, 15) is 0 Å². The van der Waals surface area contributed by atoms with E-state index in [0.29, 0.717) is 6.04 Å². The van der Waals surface area contributed by atoms with E-state index in [2.05, 4.69) is 76.2 Å². The molecule has 134 valence electrons. The van der Waals surface area contributed by atoms with E-state index in [-0.39, 0.29) is 0 Å². The molecule has 1 N–H and O–H groups in total. The third-order valence-corrected chi connectivity index (χ3v) is 4.73. The first-order valence-corrected chi connectivity index (χ1v) is 9.45. The molecule has 2 rings (SSSR count). The molecule has 0 spiro atoms. The van der Waals surface area contributed by atoms with Gasteiger partial charge in [-0.15, -0.1) is 0 Å². The van der Waals surface area contributed by atoms with Crippen LogP contribution in [0.25, 0.3) is 0 Å². The Bertz CT molecular complexity index is 514. The lowest BCUT2D eigenvalue weighted by Crippen LogP contribution is -2.44. The first-order chi connectivity index (χ1) is 11.6. The van der Waals surface area contributed by atoms with E-state index in [1.807, 2.05) is 0 Å². The van der Waals surface area contributed by atoms with Crippen molar-refractivity contribution in [3.8, 4) is 0 Å². The molecule has 1 fully saturated rings. The first-order valence-electron chi connectivity index (χ1n) is 8.66. The number of halogens is 1. The molecule has 6 heteroatoms. The first kappa shape index (κ1) is 19.2. The van der Waals surface area contributed by atoms with Gasteiger partial charge >= 0.3 is 0 Å². The van der Waals surface area contributed by atoms with Crippen LogP contribution in [0.2, 0.25) is 0 Å². The minimum Gasteiger partial charge on any atom is -0.379 e. The normalized spacial score (nSPS) is 17.6. The van der Waals surface area contributed by atoms with Crippen LogP contribution in [0.1, 0.15) is 19.4 Å². The van der Waals surface area contributed by atoms with Crippen LogP contribution in [0.15, 0.2) is 33.7 Å². The quantitative estimate of drug-likeness (QED) is 0.592. The van der Waals surface area contributed by atoms with Crippen molar-refractivity contribution in [3.05, 3.63) is 34.3 Å². The highest BCUT2D eigenvalue weighted by atomic mass is 79.9. The number of guanidine groups is 1. The monoisotopic (exact) mass is 396 g/mol. The number of rotatable bonds is 6.